The fourth-order valence-corrected chi connectivity index (χ4v) is 2.04. The number of hydrogen-bond donors (Lipinski definition) is 0. The fourth-order valence-electron chi connectivity index (χ4n) is 2.04. The molecule has 0 amide bonds. The van der Waals surface area contributed by atoms with E-state index in [9.17, 15) is 10.1 Å². The predicted molar refractivity (Wildman–Crippen MR) is 76.3 cm³/mol. The van der Waals surface area contributed by atoms with Gasteiger partial charge >= 0.3 is 0 Å². The van der Waals surface area contributed by atoms with E-state index >= 15 is 0 Å². The molecule has 114 valence electrons. The van der Waals surface area contributed by atoms with Crippen molar-refractivity contribution in [2.75, 3.05) is 21.3 Å². The van der Waals surface area contributed by atoms with Crippen LogP contribution in [0, 0.1) is 11.3 Å². The number of hydrogen-bond acceptors (Lipinski definition) is 7. The lowest BCUT2D eigenvalue weighted by Gasteiger charge is -2.13. The summed E-state index contributed by atoms with van der Waals surface area (Å²) < 4.78 is 20.8. The summed E-state index contributed by atoms with van der Waals surface area (Å²) in [5.41, 5.74) is 0.636. The molecule has 0 spiro atoms. The van der Waals surface area contributed by atoms with Crippen LogP contribution in [0.25, 0.3) is 11.3 Å². The molecule has 2 rings (SSSR count). The van der Waals surface area contributed by atoms with Gasteiger partial charge in [-0.2, -0.15) is 5.26 Å². The number of Topliss-reactive ketones (excluding diaryl/α,β-unsaturated/α-hetero) is 1. The van der Waals surface area contributed by atoms with E-state index in [0.717, 1.165) is 0 Å². The summed E-state index contributed by atoms with van der Waals surface area (Å²) in [5, 5.41) is 13.1. The van der Waals surface area contributed by atoms with Crippen molar-refractivity contribution in [3.05, 3.63) is 23.5 Å². The standard InChI is InChI=1S/C15H14N2O5/c1-8(18)15-10(7-16)14(17-22-15)13-11(20-3)5-9(19-2)6-12(13)21-4/h5-6H,1-4H3. The fraction of sp³-hybridized carbons (Fsp3) is 0.267. The smallest absolute Gasteiger partial charge is 0.220 e. The summed E-state index contributed by atoms with van der Waals surface area (Å²) >= 11 is 0. The van der Waals surface area contributed by atoms with E-state index in [-0.39, 0.29) is 22.8 Å². The molecule has 0 aliphatic carbocycles. The first kappa shape index (κ1) is 15.4. The van der Waals surface area contributed by atoms with Crippen LogP contribution < -0.4 is 14.2 Å². The van der Waals surface area contributed by atoms with Crippen LogP contribution in [0.15, 0.2) is 16.7 Å². The molecular formula is C15H14N2O5. The molecule has 0 fully saturated rings. The van der Waals surface area contributed by atoms with Crippen LogP contribution in [-0.2, 0) is 0 Å². The summed E-state index contributed by atoms with van der Waals surface area (Å²) in [7, 11) is 4.45. The van der Waals surface area contributed by atoms with E-state index in [2.05, 4.69) is 5.16 Å². The van der Waals surface area contributed by atoms with E-state index in [1.54, 1.807) is 12.1 Å². The van der Waals surface area contributed by atoms with Gasteiger partial charge in [0.1, 0.15) is 34.6 Å². The zero-order valence-corrected chi connectivity index (χ0v) is 12.6. The van der Waals surface area contributed by atoms with Crippen molar-refractivity contribution in [3.8, 4) is 34.6 Å². The Hall–Kier alpha value is -3.01. The first-order chi connectivity index (χ1) is 10.6. The lowest BCUT2D eigenvalue weighted by atomic mass is 10.0. The first-order valence-corrected chi connectivity index (χ1v) is 6.28. The minimum Gasteiger partial charge on any atom is -0.496 e. The topological polar surface area (TPSA) is 94.6 Å². The number of benzene rings is 1. The molecule has 0 saturated heterocycles. The molecule has 7 heteroatoms. The Morgan fingerprint density at radius 1 is 1.18 bits per heavy atom. The number of aromatic nitrogens is 1. The van der Waals surface area contributed by atoms with Crippen molar-refractivity contribution < 1.29 is 23.5 Å². The van der Waals surface area contributed by atoms with Crippen LogP contribution in [0.1, 0.15) is 23.0 Å². The maximum Gasteiger partial charge on any atom is 0.220 e. The Balaban J connectivity index is 2.77. The second kappa shape index (κ2) is 6.18. The molecule has 1 aromatic heterocycles. The minimum atomic E-state index is -0.387. The lowest BCUT2D eigenvalue weighted by Crippen LogP contribution is -1.97. The Bertz CT molecular complexity index is 733. The molecule has 22 heavy (non-hydrogen) atoms. The van der Waals surface area contributed by atoms with Gasteiger partial charge in [0.15, 0.2) is 5.78 Å². The van der Waals surface area contributed by atoms with Crippen LogP contribution in [0.4, 0.5) is 0 Å². The molecule has 0 atom stereocenters. The van der Waals surface area contributed by atoms with Crippen molar-refractivity contribution in [2.45, 2.75) is 6.92 Å². The van der Waals surface area contributed by atoms with Crippen LogP contribution in [0.2, 0.25) is 0 Å². The Morgan fingerprint density at radius 3 is 2.18 bits per heavy atom. The van der Waals surface area contributed by atoms with E-state index in [1.165, 1.54) is 28.3 Å². The van der Waals surface area contributed by atoms with E-state index in [4.69, 9.17) is 18.7 Å². The molecule has 7 nitrogen and oxygen atoms in total. The van der Waals surface area contributed by atoms with Gasteiger partial charge in [0.05, 0.1) is 26.9 Å². The molecule has 0 saturated carbocycles. The van der Waals surface area contributed by atoms with E-state index < -0.39 is 0 Å². The van der Waals surface area contributed by atoms with Gasteiger partial charge in [0.25, 0.3) is 0 Å². The highest BCUT2D eigenvalue weighted by Crippen LogP contribution is 2.42. The summed E-state index contributed by atoms with van der Waals surface area (Å²) in [4.78, 5) is 11.5. The van der Waals surface area contributed by atoms with Crippen LogP contribution >= 0.6 is 0 Å². The van der Waals surface area contributed by atoms with Crippen molar-refractivity contribution in [2.24, 2.45) is 0 Å². The SMILES string of the molecule is COc1cc(OC)c(-c2noc(C(C)=O)c2C#N)c(OC)c1. The molecular weight excluding hydrogens is 288 g/mol. The normalized spacial score (nSPS) is 9.95. The predicted octanol–water partition coefficient (Wildman–Crippen LogP) is 2.44. The van der Waals surface area contributed by atoms with Gasteiger partial charge in [-0.25, -0.2) is 0 Å². The summed E-state index contributed by atoms with van der Waals surface area (Å²) in [6, 6.07) is 5.19. The van der Waals surface area contributed by atoms with Gasteiger partial charge in [-0.3, -0.25) is 4.79 Å². The monoisotopic (exact) mass is 302 g/mol. The minimum absolute atomic E-state index is 0.0364. The third-order valence-electron chi connectivity index (χ3n) is 3.08. The highest BCUT2D eigenvalue weighted by atomic mass is 16.5. The number of ether oxygens (including phenoxy) is 3. The van der Waals surface area contributed by atoms with Gasteiger partial charge in [-0.1, -0.05) is 5.16 Å². The zero-order chi connectivity index (χ0) is 16.3. The van der Waals surface area contributed by atoms with Crippen molar-refractivity contribution >= 4 is 5.78 Å². The summed E-state index contributed by atoms with van der Waals surface area (Å²) in [5.74, 6) is 0.803. The number of rotatable bonds is 5. The number of nitrogens with zero attached hydrogens (tertiary/aromatic N) is 2. The molecule has 1 heterocycles. The van der Waals surface area contributed by atoms with Gasteiger partial charge in [-0.15, -0.1) is 0 Å². The molecule has 2 aromatic rings. The van der Waals surface area contributed by atoms with Crippen LogP contribution in [-0.4, -0.2) is 32.3 Å². The molecule has 0 radical (unpaired) electrons. The van der Waals surface area contributed by atoms with Crippen molar-refractivity contribution in [1.82, 2.24) is 5.16 Å². The number of methoxy groups -OCH3 is 3. The third kappa shape index (κ3) is 2.46. The van der Waals surface area contributed by atoms with Gasteiger partial charge < -0.3 is 18.7 Å². The maximum atomic E-state index is 11.5. The maximum absolute atomic E-state index is 11.5. The molecule has 0 aliphatic rings. The Labute approximate surface area is 127 Å². The van der Waals surface area contributed by atoms with Crippen molar-refractivity contribution in [1.29, 1.82) is 5.26 Å². The highest BCUT2D eigenvalue weighted by Gasteiger charge is 2.26. The summed E-state index contributed by atoms with van der Waals surface area (Å²) in [6.07, 6.45) is 0. The average molecular weight is 302 g/mol. The number of carbonyl (C=O) groups excluding carboxylic acids is 1. The van der Waals surface area contributed by atoms with E-state index in [0.29, 0.717) is 22.8 Å². The first-order valence-electron chi connectivity index (χ1n) is 6.28. The molecule has 1 aromatic carbocycles. The highest BCUT2D eigenvalue weighted by molar-refractivity contribution is 5.96. The second-order valence-electron chi connectivity index (χ2n) is 4.31. The van der Waals surface area contributed by atoms with Crippen LogP contribution in [0.3, 0.4) is 0 Å². The number of carbonyl (C=O) groups is 1. The molecule has 0 bridgehead atoms. The molecule has 0 N–H and O–H groups in total. The quantitative estimate of drug-likeness (QED) is 0.783. The van der Waals surface area contributed by atoms with E-state index in [1.807, 2.05) is 6.07 Å². The van der Waals surface area contributed by atoms with Gasteiger partial charge in [0.2, 0.25) is 5.76 Å². The lowest BCUT2D eigenvalue weighted by molar-refractivity contribution is 0.0978. The average Bonchev–Trinajstić information content (AvgIpc) is 2.96. The van der Waals surface area contributed by atoms with Gasteiger partial charge in [-0.05, 0) is 0 Å². The molecule has 0 unspecified atom stereocenters. The number of ketones is 1. The van der Waals surface area contributed by atoms with Gasteiger partial charge in [0, 0.05) is 19.1 Å². The second-order valence-corrected chi connectivity index (χ2v) is 4.31. The summed E-state index contributed by atoms with van der Waals surface area (Å²) in [6.45, 7) is 1.30. The Kier molecular flexibility index (Phi) is 4.32. The molecule has 0 aliphatic heterocycles. The van der Waals surface area contributed by atoms with Crippen molar-refractivity contribution in [3.63, 3.8) is 0 Å². The van der Waals surface area contributed by atoms with Crippen LogP contribution in [0.5, 0.6) is 17.2 Å². The number of nitriles is 1. The Morgan fingerprint density at radius 2 is 1.77 bits per heavy atom. The largest absolute Gasteiger partial charge is 0.496 e. The zero-order valence-electron chi connectivity index (χ0n) is 12.6. The third-order valence-corrected chi connectivity index (χ3v) is 3.08.